The topological polar surface area (TPSA) is 62.0 Å². The molecular formula is C10H8N2O2. The van der Waals surface area contributed by atoms with E-state index in [0.29, 0.717) is 6.42 Å². The quantitative estimate of drug-likeness (QED) is 0.771. The summed E-state index contributed by atoms with van der Waals surface area (Å²) in [6, 6.07) is 9.40. The Bertz CT molecular complexity index is 421. The fourth-order valence-electron chi connectivity index (χ4n) is 1.26. The minimum atomic E-state index is -0.452. The van der Waals surface area contributed by atoms with Crippen LogP contribution in [-0.4, -0.2) is 11.0 Å². The summed E-state index contributed by atoms with van der Waals surface area (Å²) in [6.07, 6.45) is 0.374. The van der Waals surface area contributed by atoms with E-state index >= 15 is 0 Å². The van der Waals surface area contributed by atoms with Crippen LogP contribution in [0.25, 0.3) is 0 Å². The van der Waals surface area contributed by atoms with Crippen LogP contribution >= 0.6 is 0 Å². The number of rotatable bonds is 2. The molecule has 0 radical (unpaired) electrons. The Hall–Kier alpha value is -1.97. The summed E-state index contributed by atoms with van der Waals surface area (Å²) in [4.78, 5) is 11.1. The number of aliphatic hydroxyl groups excluding tert-OH is 1. The highest BCUT2D eigenvalue weighted by atomic mass is 16.3. The monoisotopic (exact) mass is 188 g/mol. The zero-order valence-corrected chi connectivity index (χ0v) is 7.34. The molecule has 4 heteroatoms. The van der Waals surface area contributed by atoms with Crippen molar-refractivity contribution in [2.24, 2.45) is 10.2 Å². The predicted octanol–water partition coefficient (Wildman–Crippen LogP) is 1.99. The van der Waals surface area contributed by atoms with Gasteiger partial charge in [-0.05, 0) is 5.56 Å². The zero-order chi connectivity index (χ0) is 9.97. The number of nitrogens with zero attached hydrogens (tertiary/aromatic N) is 2. The molecule has 1 aromatic rings. The number of aliphatic hydroxyl groups is 1. The van der Waals surface area contributed by atoms with Crippen molar-refractivity contribution in [2.75, 3.05) is 0 Å². The van der Waals surface area contributed by atoms with Crippen LogP contribution in [0.3, 0.4) is 0 Å². The van der Waals surface area contributed by atoms with Gasteiger partial charge in [-0.3, -0.25) is 4.79 Å². The summed E-state index contributed by atoms with van der Waals surface area (Å²) < 4.78 is 0. The molecule has 1 aliphatic heterocycles. The Morgan fingerprint density at radius 2 is 1.86 bits per heavy atom. The van der Waals surface area contributed by atoms with Crippen LogP contribution < -0.4 is 0 Å². The van der Waals surface area contributed by atoms with Crippen molar-refractivity contribution in [2.45, 2.75) is 6.42 Å². The number of hydrogen-bond donors (Lipinski definition) is 1. The molecule has 70 valence electrons. The van der Waals surface area contributed by atoms with Crippen molar-refractivity contribution in [3.8, 4) is 0 Å². The third-order valence-corrected chi connectivity index (χ3v) is 1.99. The van der Waals surface area contributed by atoms with Gasteiger partial charge in [0.2, 0.25) is 5.88 Å². The van der Waals surface area contributed by atoms with Crippen molar-refractivity contribution < 1.29 is 9.90 Å². The molecule has 0 saturated heterocycles. The summed E-state index contributed by atoms with van der Waals surface area (Å²) >= 11 is 0. The fraction of sp³-hybridized carbons (Fsp3) is 0.100. The van der Waals surface area contributed by atoms with E-state index < -0.39 is 5.91 Å². The summed E-state index contributed by atoms with van der Waals surface area (Å²) in [5.74, 6) is -0.717. The lowest BCUT2D eigenvalue weighted by Gasteiger charge is -1.99. The Morgan fingerprint density at radius 1 is 1.14 bits per heavy atom. The second-order valence-corrected chi connectivity index (χ2v) is 2.97. The van der Waals surface area contributed by atoms with Gasteiger partial charge >= 0.3 is 0 Å². The van der Waals surface area contributed by atoms with Gasteiger partial charge in [0, 0.05) is 6.42 Å². The van der Waals surface area contributed by atoms with Crippen LogP contribution in [0, 0.1) is 0 Å². The maximum Gasteiger partial charge on any atom is 0.297 e. The normalized spacial score (nSPS) is 15.3. The molecule has 0 unspecified atom stereocenters. The number of carbonyl (C=O) groups excluding carboxylic acids is 1. The van der Waals surface area contributed by atoms with Crippen molar-refractivity contribution in [3.05, 3.63) is 47.4 Å². The van der Waals surface area contributed by atoms with Crippen LogP contribution in [0.2, 0.25) is 0 Å². The average Bonchev–Trinajstić information content (AvgIpc) is 2.51. The molecule has 1 N–H and O–H groups in total. The Morgan fingerprint density at radius 3 is 2.43 bits per heavy atom. The molecule has 2 rings (SSSR count). The van der Waals surface area contributed by atoms with Gasteiger partial charge in [0.1, 0.15) is 0 Å². The molecule has 1 aromatic carbocycles. The summed E-state index contributed by atoms with van der Waals surface area (Å²) in [6.45, 7) is 0. The van der Waals surface area contributed by atoms with Crippen molar-refractivity contribution >= 4 is 5.91 Å². The molecule has 14 heavy (non-hydrogen) atoms. The average molecular weight is 188 g/mol. The van der Waals surface area contributed by atoms with Gasteiger partial charge in [0.25, 0.3) is 5.91 Å². The summed E-state index contributed by atoms with van der Waals surface area (Å²) in [7, 11) is 0. The van der Waals surface area contributed by atoms with E-state index in [2.05, 4.69) is 10.2 Å². The van der Waals surface area contributed by atoms with Gasteiger partial charge in [-0.15, -0.1) is 10.2 Å². The molecule has 1 aliphatic rings. The zero-order valence-electron chi connectivity index (χ0n) is 7.34. The highest BCUT2D eigenvalue weighted by molar-refractivity contribution is 5.96. The maximum absolute atomic E-state index is 11.1. The van der Waals surface area contributed by atoms with E-state index in [1.807, 2.05) is 30.3 Å². The van der Waals surface area contributed by atoms with E-state index in [-0.39, 0.29) is 11.5 Å². The van der Waals surface area contributed by atoms with Crippen LogP contribution in [0.15, 0.2) is 52.0 Å². The Balaban J connectivity index is 2.21. The van der Waals surface area contributed by atoms with Gasteiger partial charge in [-0.2, -0.15) is 0 Å². The lowest BCUT2D eigenvalue weighted by atomic mass is 10.1. The van der Waals surface area contributed by atoms with Crippen LogP contribution in [0.1, 0.15) is 5.56 Å². The second-order valence-electron chi connectivity index (χ2n) is 2.97. The molecule has 0 spiro atoms. The number of amides is 1. The largest absolute Gasteiger partial charge is 0.492 e. The number of azo groups is 1. The third kappa shape index (κ3) is 1.54. The van der Waals surface area contributed by atoms with Crippen molar-refractivity contribution in [3.63, 3.8) is 0 Å². The van der Waals surface area contributed by atoms with Gasteiger partial charge in [-0.25, -0.2) is 0 Å². The molecule has 1 heterocycles. The van der Waals surface area contributed by atoms with E-state index in [0.717, 1.165) is 5.56 Å². The van der Waals surface area contributed by atoms with E-state index in [1.165, 1.54) is 0 Å². The van der Waals surface area contributed by atoms with E-state index in [9.17, 15) is 9.90 Å². The van der Waals surface area contributed by atoms with Crippen LogP contribution in [0.5, 0.6) is 0 Å². The first-order valence-electron chi connectivity index (χ1n) is 4.19. The molecule has 0 aliphatic carbocycles. The first-order chi connectivity index (χ1) is 6.77. The van der Waals surface area contributed by atoms with Gasteiger partial charge in [0.05, 0.1) is 5.57 Å². The minimum Gasteiger partial charge on any atom is -0.492 e. The molecule has 0 bridgehead atoms. The SMILES string of the molecule is O=C1N=NC(O)=C1Cc1ccccc1. The van der Waals surface area contributed by atoms with Gasteiger partial charge in [0.15, 0.2) is 0 Å². The maximum atomic E-state index is 11.1. The fourth-order valence-corrected chi connectivity index (χ4v) is 1.26. The summed E-state index contributed by atoms with van der Waals surface area (Å²) in [5, 5.41) is 15.8. The molecule has 0 fully saturated rings. The predicted molar refractivity (Wildman–Crippen MR) is 49.7 cm³/mol. The number of benzene rings is 1. The van der Waals surface area contributed by atoms with E-state index in [1.54, 1.807) is 0 Å². The molecular weight excluding hydrogens is 180 g/mol. The first kappa shape index (κ1) is 8.62. The van der Waals surface area contributed by atoms with Crippen LogP contribution in [-0.2, 0) is 11.2 Å². The first-order valence-corrected chi connectivity index (χ1v) is 4.19. The lowest BCUT2D eigenvalue weighted by Crippen LogP contribution is -2.00. The van der Waals surface area contributed by atoms with Crippen LogP contribution in [0.4, 0.5) is 0 Å². The van der Waals surface area contributed by atoms with E-state index in [4.69, 9.17) is 0 Å². The van der Waals surface area contributed by atoms with Crippen molar-refractivity contribution in [1.82, 2.24) is 0 Å². The summed E-state index contributed by atoms with van der Waals surface area (Å²) in [5.41, 5.74) is 1.21. The molecule has 0 aromatic heterocycles. The number of hydrogen-bond acceptors (Lipinski definition) is 3. The smallest absolute Gasteiger partial charge is 0.297 e. The number of carbonyl (C=O) groups is 1. The third-order valence-electron chi connectivity index (χ3n) is 1.99. The Kier molecular flexibility index (Phi) is 2.10. The standard InChI is InChI=1S/C10H8N2O2/c13-9-8(10(14)12-11-9)6-7-4-2-1-3-5-7/h1-5,13H,6H2. The highest BCUT2D eigenvalue weighted by Gasteiger charge is 2.20. The Labute approximate surface area is 80.6 Å². The van der Waals surface area contributed by atoms with Crippen molar-refractivity contribution in [1.29, 1.82) is 0 Å². The molecule has 0 atom stereocenters. The minimum absolute atomic E-state index is 0.260. The molecule has 0 saturated carbocycles. The second kappa shape index (κ2) is 3.41. The van der Waals surface area contributed by atoms with Gasteiger partial charge < -0.3 is 5.11 Å². The molecule has 1 amide bonds. The van der Waals surface area contributed by atoms with Gasteiger partial charge in [-0.1, -0.05) is 30.3 Å². The molecule has 4 nitrogen and oxygen atoms in total. The highest BCUT2D eigenvalue weighted by Crippen LogP contribution is 2.18. The lowest BCUT2D eigenvalue weighted by molar-refractivity contribution is -0.114.